The van der Waals surface area contributed by atoms with Gasteiger partial charge in [-0.25, -0.2) is 0 Å². The first kappa shape index (κ1) is 10.9. The Labute approximate surface area is 335 Å². The molecule has 2 heteroatoms. The maximum Gasteiger partial charge on any atom is 0.0651 e. The number of rotatable bonds is 5. The Morgan fingerprint density at radius 2 is 0.660 bits per heavy atom. The Morgan fingerprint density at radius 1 is 0.260 bits per heavy atom. The summed E-state index contributed by atoms with van der Waals surface area (Å²) in [5.74, 6) is 0. The van der Waals surface area contributed by atoms with E-state index in [4.69, 9.17) is 28.8 Å². The molecule has 0 unspecified atom stereocenters. The van der Waals surface area contributed by atoms with E-state index in [1.54, 1.807) is 0 Å². The van der Waals surface area contributed by atoms with Crippen molar-refractivity contribution in [1.29, 1.82) is 0 Å². The fourth-order valence-corrected chi connectivity index (χ4v) is 5.65. The molecule has 10 rings (SSSR count). The number of benzene rings is 8. The zero-order valence-corrected chi connectivity index (χ0v) is 24.9. The van der Waals surface area contributed by atoms with Crippen molar-refractivity contribution in [3.05, 3.63) is 193 Å². The van der Waals surface area contributed by atoms with Crippen molar-refractivity contribution < 1.29 is 43.9 Å². The first-order chi connectivity index (χ1) is 38.1. The molecular weight excluding hydrogens is 605 g/mol. The zero-order valence-electron chi connectivity index (χ0n) is 56.9. The molecule has 10 aromatic rings. The van der Waals surface area contributed by atoms with Gasteiger partial charge in [0.2, 0.25) is 0 Å². The first-order valence-corrected chi connectivity index (χ1v) is 14.6. The molecule has 0 aliphatic carbocycles. The highest BCUT2D eigenvalue weighted by atomic mass is 15.0. The lowest BCUT2D eigenvalue weighted by atomic mass is 9.98. The van der Waals surface area contributed by atoms with E-state index in [0.717, 1.165) is 0 Å². The van der Waals surface area contributed by atoms with Gasteiger partial charge in [0, 0.05) is 32.9 Å². The van der Waals surface area contributed by atoms with Crippen LogP contribution in [0.25, 0.3) is 88.4 Å². The van der Waals surface area contributed by atoms with Crippen LogP contribution in [-0.2, 0) is 0 Å². The third kappa shape index (κ3) is 4.57. The van der Waals surface area contributed by atoms with Crippen LogP contribution in [-0.4, -0.2) is 9.13 Å². The first-order valence-electron chi connectivity index (χ1n) is 30.6. The predicted molar refractivity (Wildman–Crippen MR) is 211 cm³/mol. The number of para-hydroxylation sites is 3. The maximum absolute atomic E-state index is 9.97. The van der Waals surface area contributed by atoms with E-state index in [-0.39, 0.29) is 0 Å². The van der Waals surface area contributed by atoms with Gasteiger partial charge in [-0.1, -0.05) is 127 Å². The monoisotopic (exact) mass is 668 g/mol. The second-order valence-electron chi connectivity index (χ2n) is 10.5. The number of fused-ring (bicyclic) bond motifs is 6. The summed E-state index contributed by atoms with van der Waals surface area (Å²) < 4.78 is 289. The second kappa shape index (κ2) is 11.5. The summed E-state index contributed by atoms with van der Waals surface area (Å²) in [6.07, 6.45) is 0. The van der Waals surface area contributed by atoms with E-state index >= 15 is 0 Å². The summed E-state index contributed by atoms with van der Waals surface area (Å²) in [6, 6.07) is -32.2. The molecule has 0 amide bonds. The Hall–Kier alpha value is -6.64. The third-order valence-corrected chi connectivity index (χ3v) is 7.74. The highest BCUT2D eigenvalue weighted by Crippen LogP contribution is 2.39. The van der Waals surface area contributed by atoms with E-state index < -0.39 is 282 Å². The van der Waals surface area contributed by atoms with Crippen LogP contribution in [0.15, 0.2) is 193 Å². The Balaban J connectivity index is 1.46. The normalized spacial score (nSPS) is 20.6. The molecule has 50 heavy (non-hydrogen) atoms. The number of hydrogen-bond acceptors (Lipinski definition) is 0. The fraction of sp³-hybridized carbons (Fsp3) is 0. The molecule has 8 aromatic carbocycles. The summed E-state index contributed by atoms with van der Waals surface area (Å²) >= 11 is 0. The van der Waals surface area contributed by atoms with Crippen LogP contribution in [0.4, 0.5) is 0 Å². The van der Waals surface area contributed by atoms with Crippen LogP contribution >= 0.6 is 0 Å². The van der Waals surface area contributed by atoms with Gasteiger partial charge in [-0.05, 0) is 99.8 Å². The smallest absolute Gasteiger partial charge is 0.0651 e. The summed E-state index contributed by atoms with van der Waals surface area (Å²) in [6.45, 7) is 0. The van der Waals surface area contributed by atoms with E-state index in [2.05, 4.69) is 0 Å². The quantitative estimate of drug-likeness (QED) is 0.173. The number of aromatic nitrogens is 2. The van der Waals surface area contributed by atoms with Gasteiger partial charge in [-0.15, -0.1) is 0 Å². The highest BCUT2D eigenvalue weighted by molar-refractivity contribution is 6.12. The van der Waals surface area contributed by atoms with Crippen molar-refractivity contribution in [1.82, 2.24) is 9.13 Å². The zero-order chi connectivity index (χ0) is 60.9. The van der Waals surface area contributed by atoms with Crippen LogP contribution < -0.4 is 0 Å². The molecule has 2 nitrogen and oxygen atoms in total. The van der Waals surface area contributed by atoms with Crippen LogP contribution in [0.2, 0.25) is 0 Å². The van der Waals surface area contributed by atoms with Gasteiger partial charge in [-0.2, -0.15) is 0 Å². The minimum atomic E-state index is -1.16. The largest absolute Gasteiger partial charge is 0.309 e. The van der Waals surface area contributed by atoms with E-state index in [0.29, 0.717) is 9.13 Å². The topological polar surface area (TPSA) is 9.86 Å². The minimum absolute atomic E-state index is 0.600. The van der Waals surface area contributed by atoms with Crippen LogP contribution in [0.1, 0.15) is 43.9 Å². The van der Waals surface area contributed by atoms with Gasteiger partial charge in [0.05, 0.1) is 65.9 Å². The Kier molecular flexibility index (Phi) is 2.52. The highest BCUT2D eigenvalue weighted by Gasteiger charge is 2.17. The van der Waals surface area contributed by atoms with Crippen LogP contribution in [0.5, 0.6) is 0 Å². The molecule has 0 aliphatic heterocycles. The van der Waals surface area contributed by atoms with Crippen molar-refractivity contribution in [2.24, 2.45) is 0 Å². The molecule has 2 heterocycles. The third-order valence-electron chi connectivity index (χ3n) is 7.74. The number of hydrogen-bond donors (Lipinski definition) is 0. The summed E-state index contributed by atoms with van der Waals surface area (Å²) in [4.78, 5) is 0. The maximum atomic E-state index is 9.97. The molecule has 0 saturated heterocycles. The molecule has 0 bridgehead atoms. The molecule has 0 radical (unpaired) electrons. The molecule has 0 spiro atoms. The molecule has 0 atom stereocenters. The fourth-order valence-electron chi connectivity index (χ4n) is 5.65. The molecule has 2 aromatic heterocycles. The molecule has 234 valence electrons. The molecule has 0 aliphatic rings. The standard InChI is InChI=1S/C48H32N2/c1-4-14-33(15-5-1)37-28-38(34-16-6-2-7-17-34)30-40(29-37)50-46-23-13-11-21-42(46)44-32-36(25-27-48(44)50)35-24-26-47-43(31-35)41-20-10-12-22-45(41)49(47)39-18-8-3-9-19-39/h1-32H/i1D,2D,3D,4D,5D,6D,7D,8D,9D,10D,11D,12D,13D,14D,15D,16D,17D,18D,19D,20D,21D,22D,23D,24D,25D,26D,27D,28D,29D,30D,31D,32D. The molecule has 0 saturated carbocycles. The van der Waals surface area contributed by atoms with Gasteiger partial charge < -0.3 is 9.13 Å². The predicted octanol–water partition coefficient (Wildman–Crippen LogP) is 12.9. The average Bonchev–Trinajstić information content (AvgIpc) is 1.65. The van der Waals surface area contributed by atoms with Crippen molar-refractivity contribution >= 4 is 43.6 Å². The minimum Gasteiger partial charge on any atom is -0.309 e. The van der Waals surface area contributed by atoms with Crippen molar-refractivity contribution in [3.8, 4) is 44.8 Å². The lowest BCUT2D eigenvalue weighted by Gasteiger charge is -2.14. The van der Waals surface area contributed by atoms with Gasteiger partial charge >= 0.3 is 0 Å². The lowest BCUT2D eigenvalue weighted by molar-refractivity contribution is 1.18. The van der Waals surface area contributed by atoms with Gasteiger partial charge in [-0.3, -0.25) is 0 Å². The van der Waals surface area contributed by atoms with E-state index in [1.165, 1.54) is 0 Å². The van der Waals surface area contributed by atoms with Gasteiger partial charge in [0.15, 0.2) is 0 Å². The molecule has 0 N–H and O–H groups in total. The molecule has 0 fully saturated rings. The average molecular weight is 669 g/mol. The van der Waals surface area contributed by atoms with Crippen LogP contribution in [0.3, 0.4) is 0 Å². The van der Waals surface area contributed by atoms with Crippen LogP contribution in [0, 0.1) is 0 Å². The van der Waals surface area contributed by atoms with Gasteiger partial charge in [0.1, 0.15) is 0 Å². The second-order valence-corrected chi connectivity index (χ2v) is 10.5. The molecular formula is C48H32N2. The van der Waals surface area contributed by atoms with Crippen molar-refractivity contribution in [2.75, 3.05) is 0 Å². The summed E-state index contributed by atoms with van der Waals surface area (Å²) in [7, 11) is 0. The number of nitrogens with zero attached hydrogens (tertiary/aromatic N) is 2. The Morgan fingerprint density at radius 3 is 1.16 bits per heavy atom. The SMILES string of the molecule is [2H]c1c([2H])c([2H])c(-c2c([2H])c(-c3c([2H])c([2H])c([2H])c([2H])c3[2H])c([2H])c(-n3c4c([2H])c([2H])c([2H])c([2H])c4c4c([2H])c(-c5c([2H])c([2H])c6c(c5[2H])c5c([2H])c([2H])c([2H])c([2H])c5n6-c5c([2H])c([2H])c([2H])c([2H])c5[2H])c([2H])c([2H])c43)c2[2H])c([2H])c1[2H]. The van der Waals surface area contributed by atoms with E-state index in [9.17, 15) is 15.1 Å². The summed E-state index contributed by atoms with van der Waals surface area (Å²) in [5.41, 5.74) is -10.2. The van der Waals surface area contributed by atoms with E-state index in [1.807, 2.05) is 0 Å². The van der Waals surface area contributed by atoms with Gasteiger partial charge in [0.25, 0.3) is 0 Å². The lowest BCUT2D eigenvalue weighted by Crippen LogP contribution is -1.96. The van der Waals surface area contributed by atoms with Crippen molar-refractivity contribution in [3.63, 3.8) is 0 Å². The summed E-state index contributed by atoms with van der Waals surface area (Å²) in [5, 5.41) is -2.72. The Bertz CT molecular complexity index is 4520. The van der Waals surface area contributed by atoms with Crippen molar-refractivity contribution in [2.45, 2.75) is 0 Å².